The third kappa shape index (κ3) is 2.47. The number of nitrogens with zero attached hydrogens (tertiary/aromatic N) is 2. The van der Waals surface area contributed by atoms with Crippen LogP contribution in [0.15, 0.2) is 60.8 Å². The number of anilines is 1. The Bertz CT molecular complexity index is 720. The number of rotatable bonds is 3. The first-order valence-corrected chi connectivity index (χ1v) is 6.92. The molecule has 0 radical (unpaired) electrons. The smallest absolute Gasteiger partial charge is 0.137 e. The zero-order valence-electron chi connectivity index (χ0n) is 11.3. The van der Waals surface area contributed by atoms with Crippen LogP contribution in [0.1, 0.15) is 5.56 Å². The van der Waals surface area contributed by atoms with Crippen LogP contribution in [0.2, 0.25) is 5.02 Å². The van der Waals surface area contributed by atoms with E-state index in [-0.39, 0.29) is 0 Å². The van der Waals surface area contributed by atoms with E-state index in [1.54, 1.807) is 0 Å². The molecular weight excluding hydrogens is 268 g/mol. The van der Waals surface area contributed by atoms with Gasteiger partial charge in [0.25, 0.3) is 0 Å². The molecule has 0 aliphatic carbocycles. The van der Waals surface area contributed by atoms with Gasteiger partial charge in [-0.05, 0) is 23.1 Å². The Kier molecular flexibility index (Phi) is 3.57. The fourth-order valence-electron chi connectivity index (χ4n) is 2.39. The summed E-state index contributed by atoms with van der Waals surface area (Å²) in [6, 6.07) is 18.3. The monoisotopic (exact) mass is 282 g/mol. The molecule has 0 saturated carbocycles. The number of hydrogen-bond donors (Lipinski definition) is 0. The van der Waals surface area contributed by atoms with E-state index < -0.39 is 0 Å². The second-order valence-electron chi connectivity index (χ2n) is 4.81. The van der Waals surface area contributed by atoms with E-state index in [1.807, 2.05) is 49.6 Å². The van der Waals surface area contributed by atoms with Gasteiger partial charge in [-0.2, -0.15) is 0 Å². The third-order valence-corrected chi connectivity index (χ3v) is 3.66. The van der Waals surface area contributed by atoms with Crippen molar-refractivity contribution in [1.29, 1.82) is 0 Å². The maximum atomic E-state index is 6.34. The minimum Gasteiger partial charge on any atom is -0.355 e. The summed E-state index contributed by atoms with van der Waals surface area (Å²) in [6.45, 7) is 0.804. The van der Waals surface area contributed by atoms with Crippen LogP contribution in [0.5, 0.6) is 0 Å². The average molecular weight is 283 g/mol. The number of hydrogen-bond acceptors (Lipinski definition) is 2. The first-order valence-electron chi connectivity index (χ1n) is 6.54. The van der Waals surface area contributed by atoms with Crippen molar-refractivity contribution in [2.24, 2.45) is 0 Å². The predicted octanol–water partition coefficient (Wildman–Crippen LogP) is 4.52. The molecular formula is C17H15ClN2. The van der Waals surface area contributed by atoms with Gasteiger partial charge in [-0.15, -0.1) is 0 Å². The molecule has 2 aromatic carbocycles. The summed E-state index contributed by atoms with van der Waals surface area (Å²) in [6.07, 6.45) is 1.83. The SMILES string of the molecule is CN(Cc1ccccc1)c1nccc2cccc(Cl)c12. The van der Waals surface area contributed by atoms with Crippen molar-refractivity contribution in [2.75, 3.05) is 11.9 Å². The molecule has 1 heterocycles. The van der Waals surface area contributed by atoms with Crippen LogP contribution < -0.4 is 4.90 Å². The van der Waals surface area contributed by atoms with Gasteiger partial charge in [0.15, 0.2) is 0 Å². The summed E-state index contributed by atoms with van der Waals surface area (Å²) in [5.41, 5.74) is 1.25. The summed E-state index contributed by atoms with van der Waals surface area (Å²) in [4.78, 5) is 6.63. The van der Waals surface area contributed by atoms with Gasteiger partial charge in [0, 0.05) is 25.2 Å². The van der Waals surface area contributed by atoms with Crippen LogP contribution in [0, 0.1) is 0 Å². The van der Waals surface area contributed by atoms with Crippen LogP contribution in [-0.2, 0) is 6.54 Å². The minimum atomic E-state index is 0.741. The van der Waals surface area contributed by atoms with Crippen LogP contribution in [-0.4, -0.2) is 12.0 Å². The van der Waals surface area contributed by atoms with Crippen molar-refractivity contribution in [3.8, 4) is 0 Å². The molecule has 100 valence electrons. The highest BCUT2D eigenvalue weighted by Gasteiger charge is 2.10. The Morgan fingerprint density at radius 3 is 2.60 bits per heavy atom. The maximum Gasteiger partial charge on any atom is 0.137 e. The van der Waals surface area contributed by atoms with Gasteiger partial charge >= 0.3 is 0 Å². The van der Waals surface area contributed by atoms with Crippen molar-refractivity contribution in [1.82, 2.24) is 4.98 Å². The largest absolute Gasteiger partial charge is 0.355 e. The number of fused-ring (bicyclic) bond motifs is 1. The standard InChI is InChI=1S/C17H15ClN2/c1-20(12-13-6-3-2-4-7-13)17-16-14(10-11-19-17)8-5-9-15(16)18/h2-11H,12H2,1H3. The summed E-state index contributed by atoms with van der Waals surface area (Å²) in [7, 11) is 2.04. The third-order valence-electron chi connectivity index (χ3n) is 3.34. The first-order chi connectivity index (χ1) is 9.75. The highest BCUT2D eigenvalue weighted by atomic mass is 35.5. The highest BCUT2D eigenvalue weighted by Crippen LogP contribution is 2.30. The lowest BCUT2D eigenvalue weighted by atomic mass is 10.1. The first kappa shape index (κ1) is 12.9. The molecule has 0 fully saturated rings. The summed E-state index contributed by atoms with van der Waals surface area (Å²) in [5, 5.41) is 2.86. The lowest BCUT2D eigenvalue weighted by Crippen LogP contribution is -2.18. The molecule has 0 unspecified atom stereocenters. The van der Waals surface area contributed by atoms with Crippen molar-refractivity contribution in [2.45, 2.75) is 6.54 Å². The van der Waals surface area contributed by atoms with Crippen molar-refractivity contribution < 1.29 is 0 Å². The molecule has 0 aliphatic heterocycles. The lowest BCUT2D eigenvalue weighted by molar-refractivity contribution is 0.905. The van der Waals surface area contributed by atoms with Gasteiger partial charge in [0.05, 0.1) is 5.02 Å². The molecule has 0 N–H and O–H groups in total. The topological polar surface area (TPSA) is 16.1 Å². The van der Waals surface area contributed by atoms with Gasteiger partial charge in [-0.1, -0.05) is 54.1 Å². The van der Waals surface area contributed by atoms with Crippen LogP contribution in [0.25, 0.3) is 10.8 Å². The van der Waals surface area contributed by atoms with Crippen molar-refractivity contribution in [3.05, 3.63) is 71.4 Å². The van der Waals surface area contributed by atoms with Gasteiger partial charge in [-0.25, -0.2) is 4.98 Å². The molecule has 1 aromatic heterocycles. The molecule has 0 saturated heterocycles. The number of benzene rings is 2. The Labute approximate surface area is 123 Å². The molecule has 0 amide bonds. The zero-order valence-corrected chi connectivity index (χ0v) is 12.0. The Morgan fingerprint density at radius 1 is 1.00 bits per heavy atom. The van der Waals surface area contributed by atoms with Crippen LogP contribution >= 0.6 is 11.6 Å². The van der Waals surface area contributed by atoms with E-state index in [2.05, 4.69) is 28.1 Å². The molecule has 2 nitrogen and oxygen atoms in total. The normalized spacial score (nSPS) is 10.7. The van der Waals surface area contributed by atoms with Crippen molar-refractivity contribution >= 4 is 28.2 Å². The Balaban J connectivity index is 2.01. The van der Waals surface area contributed by atoms with E-state index >= 15 is 0 Å². The number of halogens is 1. The number of pyridine rings is 1. The Morgan fingerprint density at radius 2 is 1.80 bits per heavy atom. The van der Waals surface area contributed by atoms with E-state index in [0.717, 1.165) is 28.2 Å². The quantitative estimate of drug-likeness (QED) is 0.702. The predicted molar refractivity (Wildman–Crippen MR) is 85.3 cm³/mol. The van der Waals surface area contributed by atoms with E-state index in [0.29, 0.717) is 0 Å². The molecule has 3 heteroatoms. The van der Waals surface area contributed by atoms with Gasteiger partial charge in [0.1, 0.15) is 5.82 Å². The molecule has 3 aromatic rings. The highest BCUT2D eigenvalue weighted by molar-refractivity contribution is 6.36. The van der Waals surface area contributed by atoms with Crippen LogP contribution in [0.3, 0.4) is 0 Å². The van der Waals surface area contributed by atoms with E-state index in [4.69, 9.17) is 11.6 Å². The van der Waals surface area contributed by atoms with Crippen LogP contribution in [0.4, 0.5) is 5.82 Å². The number of aromatic nitrogens is 1. The maximum absolute atomic E-state index is 6.34. The second kappa shape index (κ2) is 5.51. The fourth-order valence-corrected chi connectivity index (χ4v) is 2.66. The summed E-state index contributed by atoms with van der Waals surface area (Å²) < 4.78 is 0. The fraction of sp³-hybridized carbons (Fsp3) is 0.118. The lowest BCUT2D eigenvalue weighted by Gasteiger charge is -2.20. The minimum absolute atomic E-state index is 0.741. The average Bonchev–Trinajstić information content (AvgIpc) is 2.48. The van der Waals surface area contributed by atoms with E-state index in [9.17, 15) is 0 Å². The van der Waals surface area contributed by atoms with E-state index in [1.165, 1.54) is 5.56 Å². The zero-order chi connectivity index (χ0) is 13.9. The molecule has 20 heavy (non-hydrogen) atoms. The second-order valence-corrected chi connectivity index (χ2v) is 5.22. The molecule has 0 atom stereocenters. The molecule has 3 rings (SSSR count). The van der Waals surface area contributed by atoms with Crippen molar-refractivity contribution in [3.63, 3.8) is 0 Å². The van der Waals surface area contributed by atoms with Gasteiger partial charge in [-0.3, -0.25) is 0 Å². The molecule has 0 bridgehead atoms. The molecule has 0 spiro atoms. The summed E-state index contributed by atoms with van der Waals surface area (Å²) in [5.74, 6) is 0.914. The molecule has 0 aliphatic rings. The van der Waals surface area contributed by atoms with Gasteiger partial charge in [0.2, 0.25) is 0 Å². The Hall–Kier alpha value is -2.06. The summed E-state index contributed by atoms with van der Waals surface area (Å²) >= 11 is 6.34. The van der Waals surface area contributed by atoms with Gasteiger partial charge < -0.3 is 4.90 Å².